The first kappa shape index (κ1) is 11.4. The van der Waals surface area contributed by atoms with E-state index in [1.54, 1.807) is 12.1 Å². The number of aryl methyl sites for hydroxylation is 1. The molecule has 86 valence electrons. The van der Waals surface area contributed by atoms with Crippen LogP contribution in [0.25, 0.3) is 0 Å². The molecule has 1 aliphatic heterocycles. The van der Waals surface area contributed by atoms with Crippen LogP contribution in [0.15, 0.2) is 12.1 Å². The van der Waals surface area contributed by atoms with Gasteiger partial charge < -0.3 is 0 Å². The molecular weight excluding hydrogens is 228 g/mol. The fourth-order valence-corrected chi connectivity index (χ4v) is 1.83. The monoisotopic (exact) mass is 240 g/mol. The van der Waals surface area contributed by atoms with Gasteiger partial charge >= 0.3 is 0 Å². The van der Waals surface area contributed by atoms with Crippen LogP contribution in [0.3, 0.4) is 0 Å². The highest BCUT2D eigenvalue weighted by Crippen LogP contribution is 2.16. The molecule has 0 N–H and O–H groups in total. The predicted molar refractivity (Wildman–Crippen MR) is 60.2 cm³/mol. The molecule has 0 aromatic carbocycles. The van der Waals surface area contributed by atoms with Gasteiger partial charge in [0.2, 0.25) is 0 Å². The molecule has 0 atom stereocenters. The number of rotatable bonds is 2. The van der Waals surface area contributed by atoms with Crippen molar-refractivity contribution in [2.45, 2.75) is 19.8 Å². The zero-order chi connectivity index (χ0) is 11.5. The van der Waals surface area contributed by atoms with Gasteiger partial charge in [-0.05, 0) is 25.0 Å². The quantitative estimate of drug-likeness (QED) is 0.744. The molecule has 0 radical (unpaired) electrons. The number of hydrogen-bond donors (Lipinski definition) is 0. The van der Waals surface area contributed by atoms with Gasteiger partial charge in [-0.25, -0.2) is 10.0 Å². The SMILES string of the molecule is CCc1cc(C(=O)N2CCCO2)cc(Cl)n1. The molecule has 5 heteroatoms. The van der Waals surface area contributed by atoms with E-state index in [1.165, 1.54) is 5.06 Å². The first-order valence-electron chi connectivity index (χ1n) is 5.32. The maximum absolute atomic E-state index is 12.0. The lowest BCUT2D eigenvalue weighted by molar-refractivity contribution is -0.0768. The minimum absolute atomic E-state index is 0.142. The number of carbonyl (C=O) groups is 1. The Kier molecular flexibility index (Phi) is 3.41. The molecule has 0 aliphatic carbocycles. The summed E-state index contributed by atoms with van der Waals surface area (Å²) in [6.07, 6.45) is 1.63. The van der Waals surface area contributed by atoms with Gasteiger partial charge in [0, 0.05) is 11.3 Å². The number of hydrogen-bond acceptors (Lipinski definition) is 3. The number of nitrogens with zero attached hydrogens (tertiary/aromatic N) is 2. The average molecular weight is 241 g/mol. The summed E-state index contributed by atoms with van der Waals surface area (Å²) in [7, 11) is 0. The molecule has 2 rings (SSSR count). The maximum atomic E-state index is 12.0. The highest BCUT2D eigenvalue weighted by atomic mass is 35.5. The number of aromatic nitrogens is 1. The van der Waals surface area contributed by atoms with Gasteiger partial charge in [0.25, 0.3) is 5.91 Å². The zero-order valence-corrected chi connectivity index (χ0v) is 9.83. The summed E-state index contributed by atoms with van der Waals surface area (Å²) < 4.78 is 0. The predicted octanol–water partition coefficient (Wildman–Crippen LogP) is 2.07. The van der Waals surface area contributed by atoms with E-state index in [-0.39, 0.29) is 5.91 Å². The third-order valence-corrected chi connectivity index (χ3v) is 2.63. The Morgan fingerprint density at radius 2 is 2.44 bits per heavy atom. The van der Waals surface area contributed by atoms with Gasteiger partial charge in [0.1, 0.15) is 5.15 Å². The van der Waals surface area contributed by atoms with Crippen LogP contribution in [0.4, 0.5) is 0 Å². The molecule has 4 nitrogen and oxygen atoms in total. The van der Waals surface area contributed by atoms with Crippen LogP contribution in [-0.4, -0.2) is 29.1 Å². The number of amides is 1. The van der Waals surface area contributed by atoms with Crippen molar-refractivity contribution in [3.63, 3.8) is 0 Å². The fraction of sp³-hybridized carbons (Fsp3) is 0.455. The summed E-state index contributed by atoms with van der Waals surface area (Å²) in [5.74, 6) is -0.142. The molecular formula is C11H13ClN2O2. The van der Waals surface area contributed by atoms with Crippen LogP contribution in [0.1, 0.15) is 29.4 Å². The van der Waals surface area contributed by atoms with Crippen LogP contribution in [0, 0.1) is 0 Å². The van der Waals surface area contributed by atoms with Gasteiger partial charge in [-0.15, -0.1) is 0 Å². The van der Waals surface area contributed by atoms with Gasteiger partial charge in [-0.2, -0.15) is 0 Å². The van der Waals surface area contributed by atoms with Gasteiger partial charge in [0.05, 0.1) is 13.2 Å². The maximum Gasteiger partial charge on any atom is 0.277 e. The van der Waals surface area contributed by atoms with E-state index in [0.29, 0.717) is 23.9 Å². The Hall–Kier alpha value is -1.13. The molecule has 0 unspecified atom stereocenters. The number of halogens is 1. The van der Waals surface area contributed by atoms with E-state index >= 15 is 0 Å². The molecule has 2 heterocycles. The number of hydroxylamine groups is 2. The summed E-state index contributed by atoms with van der Waals surface area (Å²) in [5, 5.41) is 1.73. The minimum atomic E-state index is -0.142. The van der Waals surface area contributed by atoms with E-state index in [4.69, 9.17) is 16.4 Å². The summed E-state index contributed by atoms with van der Waals surface area (Å²) in [6, 6.07) is 3.33. The summed E-state index contributed by atoms with van der Waals surface area (Å²) >= 11 is 5.86. The molecule has 0 spiro atoms. The van der Waals surface area contributed by atoms with Crippen molar-refractivity contribution >= 4 is 17.5 Å². The van der Waals surface area contributed by atoms with Crippen molar-refractivity contribution in [3.8, 4) is 0 Å². The van der Waals surface area contributed by atoms with Gasteiger partial charge in [0.15, 0.2) is 0 Å². The van der Waals surface area contributed by atoms with Crippen molar-refractivity contribution in [3.05, 3.63) is 28.5 Å². The van der Waals surface area contributed by atoms with E-state index in [2.05, 4.69) is 4.98 Å². The smallest absolute Gasteiger partial charge is 0.271 e. The molecule has 1 aromatic heterocycles. The lowest BCUT2D eigenvalue weighted by Crippen LogP contribution is -2.26. The van der Waals surface area contributed by atoms with Crippen molar-refractivity contribution in [2.24, 2.45) is 0 Å². The molecule has 0 saturated carbocycles. The first-order valence-corrected chi connectivity index (χ1v) is 5.69. The van der Waals surface area contributed by atoms with Crippen molar-refractivity contribution in [2.75, 3.05) is 13.2 Å². The van der Waals surface area contributed by atoms with Crippen molar-refractivity contribution in [1.82, 2.24) is 10.0 Å². The van der Waals surface area contributed by atoms with E-state index in [0.717, 1.165) is 18.5 Å². The third-order valence-electron chi connectivity index (χ3n) is 2.44. The average Bonchev–Trinajstić information content (AvgIpc) is 2.80. The Balaban J connectivity index is 2.24. The second kappa shape index (κ2) is 4.80. The normalized spacial score (nSPS) is 15.5. The molecule has 1 amide bonds. The fourth-order valence-electron chi connectivity index (χ4n) is 1.61. The van der Waals surface area contributed by atoms with E-state index in [1.807, 2.05) is 6.92 Å². The highest BCUT2D eigenvalue weighted by molar-refractivity contribution is 6.29. The lowest BCUT2D eigenvalue weighted by atomic mass is 10.2. The van der Waals surface area contributed by atoms with Crippen molar-refractivity contribution < 1.29 is 9.63 Å². The Morgan fingerprint density at radius 3 is 3.06 bits per heavy atom. The van der Waals surface area contributed by atoms with Crippen LogP contribution in [0.5, 0.6) is 0 Å². The molecule has 0 bridgehead atoms. The topological polar surface area (TPSA) is 42.4 Å². The standard InChI is InChI=1S/C11H13ClN2O2/c1-2-9-6-8(7-10(12)13-9)11(15)14-4-3-5-16-14/h6-7H,2-5H2,1H3. The largest absolute Gasteiger partial charge is 0.277 e. The van der Waals surface area contributed by atoms with E-state index in [9.17, 15) is 4.79 Å². The number of carbonyl (C=O) groups excluding carboxylic acids is 1. The van der Waals surface area contributed by atoms with Crippen LogP contribution >= 0.6 is 11.6 Å². The number of pyridine rings is 1. The summed E-state index contributed by atoms with van der Waals surface area (Å²) in [5.41, 5.74) is 1.36. The molecule has 1 aromatic rings. The van der Waals surface area contributed by atoms with Crippen molar-refractivity contribution in [1.29, 1.82) is 0 Å². The Bertz CT molecular complexity index is 403. The van der Waals surface area contributed by atoms with Crippen LogP contribution < -0.4 is 0 Å². The second-order valence-corrected chi connectivity index (χ2v) is 4.00. The zero-order valence-electron chi connectivity index (χ0n) is 9.07. The Labute approximate surface area is 99.1 Å². The Morgan fingerprint density at radius 1 is 1.62 bits per heavy atom. The molecule has 1 fully saturated rings. The lowest BCUT2D eigenvalue weighted by Gasteiger charge is -2.14. The van der Waals surface area contributed by atoms with Crippen LogP contribution in [-0.2, 0) is 11.3 Å². The molecule has 1 aliphatic rings. The highest BCUT2D eigenvalue weighted by Gasteiger charge is 2.21. The summed E-state index contributed by atoms with van der Waals surface area (Å²) in [4.78, 5) is 21.3. The van der Waals surface area contributed by atoms with Gasteiger partial charge in [-0.3, -0.25) is 9.63 Å². The minimum Gasteiger partial charge on any atom is -0.271 e. The van der Waals surface area contributed by atoms with E-state index < -0.39 is 0 Å². The third kappa shape index (κ3) is 2.33. The summed E-state index contributed by atoms with van der Waals surface area (Å²) in [6.45, 7) is 3.21. The first-order chi connectivity index (χ1) is 7.70. The molecule has 1 saturated heterocycles. The van der Waals surface area contributed by atoms with Crippen LogP contribution in [0.2, 0.25) is 5.15 Å². The van der Waals surface area contributed by atoms with Gasteiger partial charge in [-0.1, -0.05) is 18.5 Å². The second-order valence-electron chi connectivity index (χ2n) is 3.62. The molecule has 16 heavy (non-hydrogen) atoms.